The Labute approximate surface area is 160 Å². The fraction of sp³-hybridized carbons (Fsp3) is 0.158. The average molecular weight is 383 g/mol. The number of thiazole rings is 1. The molecule has 8 heteroatoms. The number of carbonyl (C=O) groups is 2. The highest BCUT2D eigenvalue weighted by Crippen LogP contribution is 2.35. The molecule has 3 aromatic rings. The van der Waals surface area contributed by atoms with Crippen LogP contribution in [0.1, 0.15) is 23.1 Å². The Balaban J connectivity index is 1.77. The number of amides is 1. The maximum absolute atomic E-state index is 12.2. The zero-order chi connectivity index (χ0) is 19.2. The third-order valence-electron chi connectivity index (χ3n) is 3.60. The first-order valence-electron chi connectivity index (χ1n) is 8.06. The summed E-state index contributed by atoms with van der Waals surface area (Å²) >= 11 is 1.28. The van der Waals surface area contributed by atoms with Crippen molar-refractivity contribution < 1.29 is 19.1 Å². The van der Waals surface area contributed by atoms with E-state index in [2.05, 4.69) is 9.97 Å². The molecule has 0 aliphatic carbocycles. The van der Waals surface area contributed by atoms with Crippen molar-refractivity contribution in [3.63, 3.8) is 0 Å². The number of anilines is 2. The molecule has 0 fully saturated rings. The molecule has 2 aromatic heterocycles. The van der Waals surface area contributed by atoms with Gasteiger partial charge < -0.3 is 9.47 Å². The third kappa shape index (κ3) is 4.29. The van der Waals surface area contributed by atoms with Crippen LogP contribution in [-0.2, 0) is 16.1 Å². The number of ether oxygens (including phenoxy) is 2. The summed E-state index contributed by atoms with van der Waals surface area (Å²) in [7, 11) is 1.54. The van der Waals surface area contributed by atoms with Crippen LogP contribution in [0.5, 0.6) is 5.75 Å². The first-order chi connectivity index (χ1) is 13.1. The minimum atomic E-state index is -0.529. The Morgan fingerprint density at radius 1 is 1.15 bits per heavy atom. The Morgan fingerprint density at radius 3 is 2.63 bits per heavy atom. The lowest BCUT2D eigenvalue weighted by molar-refractivity contribution is -0.115. The van der Waals surface area contributed by atoms with Gasteiger partial charge in [-0.1, -0.05) is 18.2 Å². The SMILES string of the molecule is COc1ccccc1N(C(C)=O)c1nc(COC(=O)c2ccccn2)cs1. The molecule has 0 atom stereocenters. The van der Waals surface area contributed by atoms with Crippen LogP contribution >= 0.6 is 11.3 Å². The summed E-state index contributed by atoms with van der Waals surface area (Å²) in [6.07, 6.45) is 1.52. The van der Waals surface area contributed by atoms with Gasteiger partial charge in [0.05, 0.1) is 18.5 Å². The van der Waals surface area contributed by atoms with Gasteiger partial charge in [-0.15, -0.1) is 11.3 Å². The number of para-hydroxylation sites is 2. The molecular formula is C19H17N3O4S. The summed E-state index contributed by atoms with van der Waals surface area (Å²) < 4.78 is 10.6. The molecule has 2 heterocycles. The van der Waals surface area contributed by atoms with Crippen LogP contribution in [0.4, 0.5) is 10.8 Å². The topological polar surface area (TPSA) is 81.6 Å². The van der Waals surface area contributed by atoms with E-state index in [9.17, 15) is 9.59 Å². The Hall–Kier alpha value is -3.26. The average Bonchev–Trinajstić information content (AvgIpc) is 3.15. The highest BCUT2D eigenvalue weighted by atomic mass is 32.1. The van der Waals surface area contributed by atoms with Crippen LogP contribution in [0.3, 0.4) is 0 Å². The van der Waals surface area contributed by atoms with Crippen LogP contribution in [0.15, 0.2) is 54.0 Å². The van der Waals surface area contributed by atoms with Gasteiger partial charge in [0.15, 0.2) is 5.13 Å². The van der Waals surface area contributed by atoms with Crippen molar-refractivity contribution in [3.8, 4) is 5.75 Å². The van der Waals surface area contributed by atoms with Crippen LogP contribution in [-0.4, -0.2) is 29.0 Å². The largest absolute Gasteiger partial charge is 0.495 e. The number of hydrogen-bond donors (Lipinski definition) is 0. The van der Waals surface area contributed by atoms with Crippen molar-refractivity contribution >= 4 is 34.0 Å². The smallest absolute Gasteiger partial charge is 0.357 e. The summed E-state index contributed by atoms with van der Waals surface area (Å²) in [5.41, 5.74) is 1.37. The lowest BCUT2D eigenvalue weighted by Gasteiger charge is -2.20. The molecule has 1 aromatic carbocycles. The van der Waals surface area contributed by atoms with Crippen LogP contribution in [0.2, 0.25) is 0 Å². The fourth-order valence-electron chi connectivity index (χ4n) is 2.38. The molecule has 0 aliphatic heterocycles. The number of carbonyl (C=O) groups excluding carboxylic acids is 2. The second kappa shape index (κ2) is 8.41. The highest BCUT2D eigenvalue weighted by molar-refractivity contribution is 7.14. The van der Waals surface area contributed by atoms with Crippen molar-refractivity contribution in [1.82, 2.24) is 9.97 Å². The van der Waals surface area contributed by atoms with E-state index in [0.29, 0.717) is 22.3 Å². The number of methoxy groups -OCH3 is 1. The normalized spacial score (nSPS) is 10.3. The second-order valence-corrected chi connectivity index (χ2v) is 6.28. The van der Waals surface area contributed by atoms with E-state index < -0.39 is 5.97 Å². The number of pyridine rings is 1. The monoisotopic (exact) mass is 383 g/mol. The van der Waals surface area contributed by atoms with Crippen LogP contribution in [0, 0.1) is 0 Å². The van der Waals surface area contributed by atoms with E-state index >= 15 is 0 Å². The molecule has 0 bridgehead atoms. The number of aromatic nitrogens is 2. The van der Waals surface area contributed by atoms with Crippen molar-refractivity contribution in [1.29, 1.82) is 0 Å². The van der Waals surface area contributed by atoms with E-state index in [1.54, 1.807) is 42.8 Å². The van der Waals surface area contributed by atoms with Gasteiger partial charge in [-0.05, 0) is 24.3 Å². The van der Waals surface area contributed by atoms with Gasteiger partial charge in [0.1, 0.15) is 18.1 Å². The molecule has 0 saturated heterocycles. The van der Waals surface area contributed by atoms with Crippen molar-refractivity contribution in [2.75, 3.05) is 12.0 Å². The summed E-state index contributed by atoms with van der Waals surface area (Å²) in [5, 5.41) is 2.21. The molecule has 0 unspecified atom stereocenters. The summed E-state index contributed by atoms with van der Waals surface area (Å²) in [4.78, 5) is 34.0. The van der Waals surface area contributed by atoms with Crippen molar-refractivity contribution in [2.24, 2.45) is 0 Å². The van der Waals surface area contributed by atoms with E-state index in [4.69, 9.17) is 9.47 Å². The molecule has 0 aliphatic rings. The van der Waals surface area contributed by atoms with E-state index in [-0.39, 0.29) is 18.2 Å². The Kier molecular flexibility index (Phi) is 5.77. The van der Waals surface area contributed by atoms with E-state index in [0.717, 1.165) is 0 Å². The fourth-order valence-corrected chi connectivity index (χ4v) is 3.25. The van der Waals surface area contributed by atoms with Gasteiger partial charge in [0.2, 0.25) is 5.91 Å². The van der Waals surface area contributed by atoms with E-state index in [1.165, 1.54) is 29.4 Å². The molecule has 0 N–H and O–H groups in total. The summed E-state index contributed by atoms with van der Waals surface area (Å²) in [6, 6.07) is 12.2. The highest BCUT2D eigenvalue weighted by Gasteiger charge is 2.21. The molecule has 3 rings (SSSR count). The third-order valence-corrected chi connectivity index (χ3v) is 4.47. The van der Waals surface area contributed by atoms with Crippen molar-refractivity contribution in [2.45, 2.75) is 13.5 Å². The standard InChI is InChI=1S/C19H17N3O4S/c1-13(23)22(16-8-3-4-9-17(16)25-2)19-21-14(12-27-19)11-26-18(24)15-7-5-6-10-20-15/h3-10,12H,11H2,1-2H3. The number of hydrogen-bond acceptors (Lipinski definition) is 7. The number of esters is 1. The van der Waals surface area contributed by atoms with Crippen LogP contribution in [0.25, 0.3) is 0 Å². The molecule has 0 saturated carbocycles. The summed E-state index contributed by atoms with van der Waals surface area (Å²) in [6.45, 7) is 1.44. The Bertz CT molecular complexity index is 943. The number of benzene rings is 1. The molecule has 0 radical (unpaired) electrons. The second-order valence-electron chi connectivity index (χ2n) is 5.44. The van der Waals surface area contributed by atoms with Gasteiger partial charge in [0, 0.05) is 18.5 Å². The maximum Gasteiger partial charge on any atom is 0.357 e. The predicted octanol–water partition coefficient (Wildman–Crippen LogP) is 3.59. The molecule has 1 amide bonds. The van der Waals surface area contributed by atoms with Gasteiger partial charge in [0.25, 0.3) is 0 Å². The lowest BCUT2D eigenvalue weighted by Crippen LogP contribution is -2.23. The molecule has 7 nitrogen and oxygen atoms in total. The molecule has 27 heavy (non-hydrogen) atoms. The molecule has 138 valence electrons. The van der Waals surface area contributed by atoms with Gasteiger partial charge >= 0.3 is 5.97 Å². The van der Waals surface area contributed by atoms with Gasteiger partial charge in [-0.2, -0.15) is 0 Å². The predicted molar refractivity (Wildman–Crippen MR) is 101 cm³/mol. The Morgan fingerprint density at radius 2 is 1.93 bits per heavy atom. The first kappa shape index (κ1) is 18.5. The quantitative estimate of drug-likeness (QED) is 0.605. The molecular weight excluding hydrogens is 366 g/mol. The number of rotatable bonds is 6. The summed E-state index contributed by atoms with van der Waals surface area (Å²) in [5.74, 6) is -0.171. The van der Waals surface area contributed by atoms with Gasteiger partial charge in [-0.25, -0.2) is 14.8 Å². The zero-order valence-electron chi connectivity index (χ0n) is 14.8. The maximum atomic E-state index is 12.2. The zero-order valence-corrected chi connectivity index (χ0v) is 15.6. The van der Waals surface area contributed by atoms with E-state index in [1.807, 2.05) is 12.1 Å². The molecule has 0 spiro atoms. The number of nitrogens with zero attached hydrogens (tertiary/aromatic N) is 3. The van der Waals surface area contributed by atoms with Gasteiger partial charge in [-0.3, -0.25) is 9.69 Å². The lowest BCUT2D eigenvalue weighted by atomic mass is 10.2. The van der Waals surface area contributed by atoms with Crippen molar-refractivity contribution in [3.05, 3.63) is 65.4 Å². The first-order valence-corrected chi connectivity index (χ1v) is 8.94. The van der Waals surface area contributed by atoms with Crippen LogP contribution < -0.4 is 9.64 Å². The minimum absolute atomic E-state index is 0.0103. The minimum Gasteiger partial charge on any atom is -0.495 e.